The van der Waals surface area contributed by atoms with E-state index >= 15 is 0 Å². The molecule has 1 aromatic heterocycles. The van der Waals surface area contributed by atoms with Gasteiger partial charge in [0.15, 0.2) is 11.6 Å². The molecule has 0 amide bonds. The predicted octanol–water partition coefficient (Wildman–Crippen LogP) is 1.34. The van der Waals surface area contributed by atoms with E-state index in [9.17, 15) is 0 Å². The lowest BCUT2D eigenvalue weighted by molar-refractivity contribution is 0.199. The maximum Gasteiger partial charge on any atom is 0.171 e. The van der Waals surface area contributed by atoms with Gasteiger partial charge in [-0.1, -0.05) is 0 Å². The molecule has 0 aliphatic carbocycles. The van der Waals surface area contributed by atoms with Gasteiger partial charge in [0.05, 0.1) is 6.10 Å². The van der Waals surface area contributed by atoms with Gasteiger partial charge in [0.1, 0.15) is 0 Å². The van der Waals surface area contributed by atoms with Gasteiger partial charge < -0.3 is 15.4 Å². The maximum atomic E-state index is 5.86. The average molecular weight is 278 g/mol. The third-order valence-corrected chi connectivity index (χ3v) is 3.69. The van der Waals surface area contributed by atoms with E-state index in [1.807, 2.05) is 32.2 Å². The van der Waals surface area contributed by atoms with Crippen LogP contribution in [0.5, 0.6) is 5.75 Å². The van der Waals surface area contributed by atoms with Crippen molar-refractivity contribution < 1.29 is 4.74 Å². The van der Waals surface area contributed by atoms with Gasteiger partial charge in [0, 0.05) is 45.0 Å². The fourth-order valence-electron chi connectivity index (χ4n) is 2.49. The first-order chi connectivity index (χ1) is 9.61. The van der Waals surface area contributed by atoms with E-state index in [0.29, 0.717) is 12.6 Å². The molecule has 1 aliphatic heterocycles. The summed E-state index contributed by atoms with van der Waals surface area (Å²) in [7, 11) is 0. The molecular weight excluding hydrogens is 252 g/mol. The maximum absolute atomic E-state index is 5.86. The molecule has 0 spiro atoms. The molecule has 2 N–H and O–H groups in total. The molecule has 0 bridgehead atoms. The van der Waals surface area contributed by atoms with Gasteiger partial charge in [0.25, 0.3) is 0 Å². The number of hydrogen-bond donors (Lipinski definition) is 1. The van der Waals surface area contributed by atoms with Crippen LogP contribution in [0.4, 0.5) is 5.82 Å². The monoisotopic (exact) mass is 278 g/mol. The minimum atomic E-state index is 0.163. The van der Waals surface area contributed by atoms with Gasteiger partial charge in [-0.3, -0.25) is 4.90 Å². The normalized spacial score (nSPS) is 18.4. The van der Waals surface area contributed by atoms with Crippen LogP contribution in [0.2, 0.25) is 0 Å². The van der Waals surface area contributed by atoms with Crippen molar-refractivity contribution in [1.82, 2.24) is 9.88 Å². The molecule has 2 rings (SSSR count). The van der Waals surface area contributed by atoms with Crippen LogP contribution in [0.25, 0.3) is 0 Å². The van der Waals surface area contributed by atoms with E-state index in [1.165, 1.54) is 0 Å². The van der Waals surface area contributed by atoms with Crippen LogP contribution in [0.15, 0.2) is 18.3 Å². The molecule has 0 saturated carbocycles. The Morgan fingerprint density at radius 3 is 2.55 bits per heavy atom. The molecule has 112 valence electrons. The summed E-state index contributed by atoms with van der Waals surface area (Å²) in [5, 5.41) is 0. The summed E-state index contributed by atoms with van der Waals surface area (Å²) in [6, 6.07) is 4.37. The molecule has 0 radical (unpaired) electrons. The molecule has 1 atom stereocenters. The summed E-state index contributed by atoms with van der Waals surface area (Å²) in [4.78, 5) is 9.24. The first kappa shape index (κ1) is 15.1. The molecule has 5 nitrogen and oxygen atoms in total. The SMILES string of the molecule is CC(C)Oc1cccnc1N1CCN(C(C)CN)CC1. The van der Waals surface area contributed by atoms with E-state index < -0.39 is 0 Å². The van der Waals surface area contributed by atoms with Crippen LogP contribution in [0, 0.1) is 0 Å². The molecule has 1 aliphatic rings. The Hall–Kier alpha value is -1.33. The second-order valence-electron chi connectivity index (χ2n) is 5.60. The summed E-state index contributed by atoms with van der Waals surface area (Å²) >= 11 is 0. The zero-order valence-electron chi connectivity index (χ0n) is 12.7. The van der Waals surface area contributed by atoms with Gasteiger partial charge >= 0.3 is 0 Å². The number of nitrogens with zero attached hydrogens (tertiary/aromatic N) is 3. The number of pyridine rings is 1. The van der Waals surface area contributed by atoms with Crippen LogP contribution in [-0.4, -0.2) is 54.8 Å². The van der Waals surface area contributed by atoms with Gasteiger partial charge in [0.2, 0.25) is 0 Å². The Bertz CT molecular complexity index is 416. The van der Waals surface area contributed by atoms with Crippen molar-refractivity contribution >= 4 is 5.82 Å². The van der Waals surface area contributed by atoms with Crippen molar-refractivity contribution in [2.45, 2.75) is 32.9 Å². The predicted molar refractivity (Wildman–Crippen MR) is 82.3 cm³/mol. The van der Waals surface area contributed by atoms with E-state index in [1.54, 1.807) is 0 Å². The summed E-state index contributed by atoms with van der Waals surface area (Å²) in [5.41, 5.74) is 5.74. The van der Waals surface area contributed by atoms with Crippen LogP contribution in [0.3, 0.4) is 0 Å². The molecule has 1 unspecified atom stereocenters. The lowest BCUT2D eigenvalue weighted by atomic mass is 10.2. The third-order valence-electron chi connectivity index (χ3n) is 3.69. The first-order valence-electron chi connectivity index (χ1n) is 7.42. The highest BCUT2D eigenvalue weighted by molar-refractivity contribution is 5.52. The Balaban J connectivity index is 2.03. The van der Waals surface area contributed by atoms with Crippen molar-refractivity contribution in [3.63, 3.8) is 0 Å². The summed E-state index contributed by atoms with van der Waals surface area (Å²) < 4.78 is 5.86. The zero-order valence-corrected chi connectivity index (χ0v) is 12.7. The topological polar surface area (TPSA) is 54.6 Å². The highest BCUT2D eigenvalue weighted by Gasteiger charge is 2.23. The Kier molecular flexibility index (Phi) is 5.20. The van der Waals surface area contributed by atoms with Crippen LogP contribution >= 0.6 is 0 Å². The molecule has 1 saturated heterocycles. The summed E-state index contributed by atoms with van der Waals surface area (Å²) in [5.74, 6) is 1.84. The molecule has 5 heteroatoms. The third kappa shape index (κ3) is 3.61. The number of nitrogens with two attached hydrogens (primary N) is 1. The van der Waals surface area contributed by atoms with E-state index in [2.05, 4.69) is 21.7 Å². The van der Waals surface area contributed by atoms with Crippen molar-refractivity contribution in [3.8, 4) is 5.75 Å². The van der Waals surface area contributed by atoms with Gasteiger partial charge in [-0.15, -0.1) is 0 Å². The Morgan fingerprint density at radius 2 is 1.95 bits per heavy atom. The fourth-order valence-corrected chi connectivity index (χ4v) is 2.49. The number of aromatic nitrogens is 1. The zero-order chi connectivity index (χ0) is 14.5. The van der Waals surface area contributed by atoms with Crippen molar-refractivity contribution in [1.29, 1.82) is 0 Å². The standard InChI is InChI=1S/C15H26N4O/c1-12(2)20-14-5-4-6-17-15(14)19-9-7-18(8-10-19)13(3)11-16/h4-6,12-13H,7-11,16H2,1-3H3. The molecule has 1 aromatic rings. The van der Waals surface area contributed by atoms with Gasteiger partial charge in [-0.25, -0.2) is 4.98 Å². The summed E-state index contributed by atoms with van der Waals surface area (Å²) in [6.07, 6.45) is 1.99. The second kappa shape index (κ2) is 6.90. The minimum absolute atomic E-state index is 0.163. The number of anilines is 1. The summed E-state index contributed by atoms with van der Waals surface area (Å²) in [6.45, 7) is 11.0. The van der Waals surface area contributed by atoms with Gasteiger partial charge in [-0.05, 0) is 32.9 Å². The Labute approximate surface area is 121 Å². The highest BCUT2D eigenvalue weighted by atomic mass is 16.5. The molecule has 0 aromatic carbocycles. The largest absolute Gasteiger partial charge is 0.487 e. The number of rotatable bonds is 5. The smallest absolute Gasteiger partial charge is 0.171 e. The molecule has 1 fully saturated rings. The average Bonchev–Trinajstić information content (AvgIpc) is 2.46. The second-order valence-corrected chi connectivity index (χ2v) is 5.60. The fraction of sp³-hybridized carbons (Fsp3) is 0.667. The number of hydrogen-bond acceptors (Lipinski definition) is 5. The lowest BCUT2D eigenvalue weighted by Crippen LogP contribution is -2.51. The van der Waals surface area contributed by atoms with Crippen molar-refractivity contribution in [2.24, 2.45) is 5.73 Å². The quantitative estimate of drug-likeness (QED) is 0.881. The van der Waals surface area contributed by atoms with Gasteiger partial charge in [-0.2, -0.15) is 0 Å². The molecular formula is C15H26N4O. The van der Waals surface area contributed by atoms with Crippen molar-refractivity contribution in [2.75, 3.05) is 37.6 Å². The highest BCUT2D eigenvalue weighted by Crippen LogP contribution is 2.27. The number of piperazine rings is 1. The molecule has 20 heavy (non-hydrogen) atoms. The number of ether oxygens (including phenoxy) is 1. The molecule has 2 heterocycles. The van der Waals surface area contributed by atoms with E-state index in [4.69, 9.17) is 10.5 Å². The van der Waals surface area contributed by atoms with Crippen LogP contribution in [-0.2, 0) is 0 Å². The Morgan fingerprint density at radius 1 is 1.25 bits per heavy atom. The lowest BCUT2D eigenvalue weighted by Gasteiger charge is -2.38. The van der Waals surface area contributed by atoms with Crippen molar-refractivity contribution in [3.05, 3.63) is 18.3 Å². The van der Waals surface area contributed by atoms with E-state index in [-0.39, 0.29) is 6.10 Å². The first-order valence-corrected chi connectivity index (χ1v) is 7.42. The van der Waals surface area contributed by atoms with E-state index in [0.717, 1.165) is 37.7 Å². The minimum Gasteiger partial charge on any atom is -0.487 e. The van der Waals surface area contributed by atoms with Crippen LogP contribution < -0.4 is 15.4 Å². The van der Waals surface area contributed by atoms with Crippen LogP contribution in [0.1, 0.15) is 20.8 Å².